The van der Waals surface area contributed by atoms with Crippen LogP contribution in [0.4, 0.5) is 0 Å². The van der Waals surface area contributed by atoms with Gasteiger partial charge in [0.05, 0.1) is 16.6 Å². The molecule has 5 heteroatoms. The second-order valence-electron chi connectivity index (χ2n) is 4.52. The van der Waals surface area contributed by atoms with Crippen molar-refractivity contribution in [3.63, 3.8) is 0 Å². The molecule has 1 heterocycles. The van der Waals surface area contributed by atoms with Crippen molar-refractivity contribution < 1.29 is 9.90 Å². The van der Waals surface area contributed by atoms with Crippen molar-refractivity contribution >= 4 is 17.0 Å². The van der Waals surface area contributed by atoms with Crippen molar-refractivity contribution in [2.45, 2.75) is 6.54 Å². The SMILES string of the molecule is NCc1ccc(-c2nc3ccc(C(=O)O)cc3[nH]2)cc1. The molecule has 0 bridgehead atoms. The molecule has 3 aromatic rings. The molecule has 0 aliphatic carbocycles. The molecule has 0 saturated heterocycles. The molecule has 100 valence electrons. The molecule has 0 saturated carbocycles. The molecular weight excluding hydrogens is 254 g/mol. The molecule has 0 aliphatic rings. The highest BCUT2D eigenvalue weighted by atomic mass is 16.4. The van der Waals surface area contributed by atoms with E-state index in [1.165, 1.54) is 0 Å². The molecule has 5 nitrogen and oxygen atoms in total. The molecule has 1 aromatic heterocycles. The van der Waals surface area contributed by atoms with Crippen molar-refractivity contribution in [3.05, 3.63) is 53.6 Å². The number of imidazole rings is 1. The summed E-state index contributed by atoms with van der Waals surface area (Å²) in [6.45, 7) is 0.502. The van der Waals surface area contributed by atoms with Gasteiger partial charge >= 0.3 is 5.97 Å². The van der Waals surface area contributed by atoms with Crippen LogP contribution < -0.4 is 5.73 Å². The number of nitrogens with one attached hydrogen (secondary N) is 1. The van der Waals surface area contributed by atoms with Gasteiger partial charge in [0.1, 0.15) is 5.82 Å². The first kappa shape index (κ1) is 12.4. The monoisotopic (exact) mass is 267 g/mol. The summed E-state index contributed by atoms with van der Waals surface area (Å²) in [6.07, 6.45) is 0. The number of H-pyrrole nitrogens is 1. The van der Waals surface area contributed by atoms with Crippen LogP contribution in [-0.4, -0.2) is 21.0 Å². The number of carboxylic acids is 1. The molecule has 2 aromatic carbocycles. The summed E-state index contributed by atoms with van der Waals surface area (Å²) in [5.41, 5.74) is 9.26. The van der Waals surface area contributed by atoms with Crippen LogP contribution in [0.2, 0.25) is 0 Å². The molecule has 3 rings (SSSR count). The van der Waals surface area contributed by atoms with Crippen LogP contribution in [0.5, 0.6) is 0 Å². The predicted octanol–water partition coefficient (Wildman–Crippen LogP) is 2.39. The number of fused-ring (bicyclic) bond motifs is 1. The Kier molecular flexibility index (Phi) is 2.96. The van der Waals surface area contributed by atoms with Gasteiger partial charge in [-0.05, 0) is 23.8 Å². The van der Waals surface area contributed by atoms with Crippen molar-refractivity contribution in [2.75, 3.05) is 0 Å². The summed E-state index contributed by atoms with van der Waals surface area (Å²) < 4.78 is 0. The van der Waals surface area contributed by atoms with Gasteiger partial charge in [-0.25, -0.2) is 9.78 Å². The Morgan fingerprint density at radius 2 is 1.95 bits per heavy atom. The fourth-order valence-electron chi connectivity index (χ4n) is 2.08. The highest BCUT2D eigenvalue weighted by Crippen LogP contribution is 2.21. The molecule has 0 spiro atoms. The molecule has 0 aliphatic heterocycles. The van der Waals surface area contributed by atoms with E-state index in [0.29, 0.717) is 17.9 Å². The molecule has 20 heavy (non-hydrogen) atoms. The lowest BCUT2D eigenvalue weighted by Crippen LogP contribution is -1.95. The van der Waals surface area contributed by atoms with Crippen molar-refractivity contribution in [1.82, 2.24) is 9.97 Å². The van der Waals surface area contributed by atoms with Crippen LogP contribution in [0.1, 0.15) is 15.9 Å². The quantitative estimate of drug-likeness (QED) is 0.679. The number of aromatic nitrogens is 2. The standard InChI is InChI=1S/C15H13N3O2/c16-8-9-1-3-10(4-2-9)14-17-12-6-5-11(15(19)20)7-13(12)18-14/h1-7H,8,16H2,(H,17,18)(H,19,20). The van der Waals surface area contributed by atoms with Gasteiger partial charge < -0.3 is 15.8 Å². The van der Waals surface area contributed by atoms with Gasteiger partial charge in [0.2, 0.25) is 0 Å². The highest BCUT2D eigenvalue weighted by molar-refractivity contribution is 5.92. The van der Waals surface area contributed by atoms with Gasteiger partial charge in [-0.3, -0.25) is 0 Å². The van der Waals surface area contributed by atoms with Gasteiger partial charge in [-0.1, -0.05) is 24.3 Å². The van der Waals surface area contributed by atoms with Gasteiger partial charge in [-0.2, -0.15) is 0 Å². The predicted molar refractivity (Wildman–Crippen MR) is 76.4 cm³/mol. The van der Waals surface area contributed by atoms with Crippen LogP contribution >= 0.6 is 0 Å². The maximum absolute atomic E-state index is 10.9. The van der Waals surface area contributed by atoms with Crippen molar-refractivity contribution in [2.24, 2.45) is 5.73 Å². The zero-order valence-electron chi connectivity index (χ0n) is 10.6. The first-order valence-electron chi connectivity index (χ1n) is 6.20. The third kappa shape index (κ3) is 2.15. The molecule has 4 N–H and O–H groups in total. The molecular formula is C15H13N3O2. The molecule has 0 fully saturated rings. The second kappa shape index (κ2) is 4.79. The van der Waals surface area contributed by atoms with Crippen LogP contribution in [0.3, 0.4) is 0 Å². The Labute approximate surface area is 115 Å². The molecule has 0 amide bonds. The minimum Gasteiger partial charge on any atom is -0.478 e. The van der Waals surface area contributed by atoms with E-state index in [0.717, 1.165) is 16.6 Å². The maximum Gasteiger partial charge on any atom is 0.335 e. The molecule has 0 unspecified atom stereocenters. The number of carboxylic acid groups (broad SMARTS) is 1. The van der Waals surface area contributed by atoms with Gasteiger partial charge in [0.15, 0.2) is 0 Å². The Balaban J connectivity index is 2.05. The summed E-state index contributed by atoms with van der Waals surface area (Å²) in [5.74, 6) is -0.235. The van der Waals surface area contributed by atoms with E-state index in [4.69, 9.17) is 10.8 Å². The number of rotatable bonds is 3. The maximum atomic E-state index is 10.9. The van der Waals surface area contributed by atoms with E-state index in [2.05, 4.69) is 9.97 Å². The topological polar surface area (TPSA) is 92.0 Å². The Morgan fingerprint density at radius 3 is 2.60 bits per heavy atom. The smallest absolute Gasteiger partial charge is 0.335 e. The first-order valence-corrected chi connectivity index (χ1v) is 6.20. The number of hydrogen-bond donors (Lipinski definition) is 3. The number of hydrogen-bond acceptors (Lipinski definition) is 3. The Bertz CT molecular complexity index is 775. The van der Waals surface area contributed by atoms with Gasteiger partial charge in [0, 0.05) is 12.1 Å². The minimum atomic E-state index is -0.949. The third-order valence-corrected chi connectivity index (χ3v) is 3.19. The highest BCUT2D eigenvalue weighted by Gasteiger charge is 2.08. The lowest BCUT2D eigenvalue weighted by Gasteiger charge is -1.98. The summed E-state index contributed by atoms with van der Waals surface area (Å²) in [7, 11) is 0. The first-order chi connectivity index (χ1) is 9.67. The average molecular weight is 267 g/mol. The number of aromatic carboxylic acids is 1. The second-order valence-corrected chi connectivity index (χ2v) is 4.52. The number of aromatic amines is 1. The summed E-state index contributed by atoms with van der Waals surface area (Å²) >= 11 is 0. The van der Waals surface area contributed by atoms with E-state index in [9.17, 15) is 4.79 Å². The van der Waals surface area contributed by atoms with Gasteiger partial charge in [-0.15, -0.1) is 0 Å². The minimum absolute atomic E-state index is 0.242. The van der Waals surface area contributed by atoms with E-state index in [1.54, 1.807) is 18.2 Å². The fourth-order valence-corrected chi connectivity index (χ4v) is 2.08. The Hall–Kier alpha value is -2.66. The fraction of sp³-hybridized carbons (Fsp3) is 0.0667. The number of benzene rings is 2. The van der Waals surface area contributed by atoms with Gasteiger partial charge in [0.25, 0.3) is 0 Å². The molecule has 0 radical (unpaired) electrons. The summed E-state index contributed by atoms with van der Waals surface area (Å²) in [5, 5.41) is 8.98. The normalized spacial score (nSPS) is 10.8. The van der Waals surface area contributed by atoms with E-state index in [-0.39, 0.29) is 5.56 Å². The average Bonchev–Trinajstić information content (AvgIpc) is 2.90. The number of nitrogens with zero attached hydrogens (tertiary/aromatic N) is 1. The van der Waals surface area contributed by atoms with Crippen LogP contribution in [0, 0.1) is 0 Å². The van der Waals surface area contributed by atoms with Crippen LogP contribution in [0.15, 0.2) is 42.5 Å². The van der Waals surface area contributed by atoms with Crippen LogP contribution in [0.25, 0.3) is 22.4 Å². The largest absolute Gasteiger partial charge is 0.478 e. The van der Waals surface area contributed by atoms with Crippen molar-refractivity contribution in [1.29, 1.82) is 0 Å². The zero-order valence-corrected chi connectivity index (χ0v) is 10.6. The van der Waals surface area contributed by atoms with E-state index in [1.807, 2.05) is 24.3 Å². The Morgan fingerprint density at radius 1 is 1.20 bits per heavy atom. The van der Waals surface area contributed by atoms with E-state index >= 15 is 0 Å². The summed E-state index contributed by atoms with van der Waals surface area (Å²) in [4.78, 5) is 18.5. The van der Waals surface area contributed by atoms with E-state index < -0.39 is 5.97 Å². The molecule has 0 atom stereocenters. The van der Waals surface area contributed by atoms with Crippen molar-refractivity contribution in [3.8, 4) is 11.4 Å². The zero-order chi connectivity index (χ0) is 14.1. The summed E-state index contributed by atoms with van der Waals surface area (Å²) in [6, 6.07) is 12.6. The number of nitrogens with two attached hydrogens (primary N) is 1. The van der Waals surface area contributed by atoms with Crippen LogP contribution in [-0.2, 0) is 6.54 Å². The third-order valence-electron chi connectivity index (χ3n) is 3.19. The lowest BCUT2D eigenvalue weighted by molar-refractivity contribution is 0.0697. The number of carbonyl (C=O) groups is 1. The lowest BCUT2D eigenvalue weighted by atomic mass is 10.1.